The first-order chi connectivity index (χ1) is 11.8. The molecule has 0 aromatic heterocycles. The molecular weight excluding hydrogens is 322 g/mol. The second-order valence-electron chi connectivity index (χ2n) is 5.93. The fourth-order valence-corrected chi connectivity index (χ4v) is 4.22. The predicted octanol–water partition coefficient (Wildman–Crippen LogP) is 4.39. The Morgan fingerprint density at radius 3 is 2.79 bits per heavy atom. The van der Waals surface area contributed by atoms with Crippen LogP contribution in [0.25, 0.3) is 0 Å². The molecule has 0 N–H and O–H groups in total. The molecule has 2 aliphatic heterocycles. The van der Waals surface area contributed by atoms with E-state index in [0.717, 1.165) is 46.2 Å². The number of anilines is 2. The number of ether oxygens (including phenoxy) is 2. The SMILES string of the molecule is COc1ccc2c(c1)N(C(=O)C1CCCCO1)c1ccccc1S2. The lowest BCUT2D eigenvalue weighted by Gasteiger charge is -2.34. The van der Waals surface area contributed by atoms with E-state index in [2.05, 4.69) is 6.07 Å². The van der Waals surface area contributed by atoms with Gasteiger partial charge in [-0.2, -0.15) is 0 Å². The average Bonchev–Trinajstić information content (AvgIpc) is 2.65. The van der Waals surface area contributed by atoms with Crippen molar-refractivity contribution in [2.24, 2.45) is 0 Å². The molecule has 2 aromatic carbocycles. The lowest BCUT2D eigenvalue weighted by Crippen LogP contribution is -2.40. The Morgan fingerprint density at radius 2 is 2.00 bits per heavy atom. The van der Waals surface area contributed by atoms with E-state index in [-0.39, 0.29) is 12.0 Å². The van der Waals surface area contributed by atoms with Gasteiger partial charge in [-0.25, -0.2) is 0 Å². The molecule has 1 amide bonds. The van der Waals surface area contributed by atoms with Crippen molar-refractivity contribution in [2.45, 2.75) is 35.2 Å². The van der Waals surface area contributed by atoms with E-state index in [9.17, 15) is 4.79 Å². The van der Waals surface area contributed by atoms with Crippen molar-refractivity contribution in [3.8, 4) is 5.75 Å². The molecule has 1 unspecified atom stereocenters. The van der Waals surface area contributed by atoms with Crippen LogP contribution in [0.1, 0.15) is 19.3 Å². The van der Waals surface area contributed by atoms with E-state index in [0.29, 0.717) is 6.61 Å². The van der Waals surface area contributed by atoms with Gasteiger partial charge in [0.1, 0.15) is 11.9 Å². The summed E-state index contributed by atoms with van der Waals surface area (Å²) in [4.78, 5) is 17.2. The Labute approximate surface area is 145 Å². The molecular formula is C19H19NO3S. The molecule has 0 spiro atoms. The minimum atomic E-state index is -0.367. The van der Waals surface area contributed by atoms with Gasteiger partial charge in [0.25, 0.3) is 5.91 Å². The Morgan fingerprint density at radius 1 is 1.17 bits per heavy atom. The summed E-state index contributed by atoms with van der Waals surface area (Å²) >= 11 is 1.68. The molecule has 2 aliphatic rings. The summed E-state index contributed by atoms with van der Waals surface area (Å²) in [5, 5.41) is 0. The maximum atomic E-state index is 13.2. The molecule has 1 fully saturated rings. The normalized spacial score (nSPS) is 19.4. The fraction of sp³-hybridized carbons (Fsp3) is 0.316. The van der Waals surface area contributed by atoms with Crippen molar-refractivity contribution < 1.29 is 14.3 Å². The first kappa shape index (κ1) is 15.5. The van der Waals surface area contributed by atoms with Crippen LogP contribution >= 0.6 is 11.8 Å². The Bertz CT molecular complexity index is 771. The summed E-state index contributed by atoms with van der Waals surface area (Å²) in [5.41, 5.74) is 1.79. The van der Waals surface area contributed by atoms with Gasteiger partial charge in [0.2, 0.25) is 0 Å². The molecule has 0 saturated carbocycles. The third-order valence-electron chi connectivity index (χ3n) is 4.41. The van der Waals surface area contributed by atoms with E-state index < -0.39 is 0 Å². The van der Waals surface area contributed by atoms with Crippen molar-refractivity contribution in [1.29, 1.82) is 0 Å². The van der Waals surface area contributed by atoms with E-state index in [1.165, 1.54) is 0 Å². The molecule has 1 atom stereocenters. The molecule has 2 heterocycles. The molecule has 4 nitrogen and oxygen atoms in total. The zero-order valence-corrected chi connectivity index (χ0v) is 14.3. The first-order valence-electron chi connectivity index (χ1n) is 8.18. The average molecular weight is 341 g/mol. The molecule has 0 bridgehead atoms. The van der Waals surface area contributed by atoms with Gasteiger partial charge in [-0.1, -0.05) is 23.9 Å². The van der Waals surface area contributed by atoms with Crippen molar-refractivity contribution in [1.82, 2.24) is 0 Å². The van der Waals surface area contributed by atoms with Crippen LogP contribution in [0, 0.1) is 0 Å². The smallest absolute Gasteiger partial charge is 0.260 e. The van der Waals surface area contributed by atoms with Crippen LogP contribution in [-0.4, -0.2) is 25.7 Å². The summed E-state index contributed by atoms with van der Waals surface area (Å²) < 4.78 is 11.1. The number of methoxy groups -OCH3 is 1. The number of benzene rings is 2. The van der Waals surface area contributed by atoms with Gasteiger partial charge < -0.3 is 9.47 Å². The summed E-state index contributed by atoms with van der Waals surface area (Å²) in [5.74, 6) is 0.757. The minimum absolute atomic E-state index is 0.0111. The molecule has 0 radical (unpaired) electrons. The quantitative estimate of drug-likeness (QED) is 0.812. The highest BCUT2D eigenvalue weighted by molar-refractivity contribution is 7.99. The molecule has 2 aromatic rings. The molecule has 24 heavy (non-hydrogen) atoms. The fourth-order valence-electron chi connectivity index (χ4n) is 3.18. The molecule has 1 saturated heterocycles. The van der Waals surface area contributed by atoms with Crippen LogP contribution in [-0.2, 0) is 9.53 Å². The highest BCUT2D eigenvalue weighted by atomic mass is 32.2. The van der Waals surface area contributed by atoms with Gasteiger partial charge in [0.15, 0.2) is 0 Å². The number of fused-ring (bicyclic) bond motifs is 2. The highest BCUT2D eigenvalue weighted by Crippen LogP contribution is 2.49. The molecule has 124 valence electrons. The van der Waals surface area contributed by atoms with E-state index >= 15 is 0 Å². The predicted molar refractivity (Wildman–Crippen MR) is 94.3 cm³/mol. The number of carbonyl (C=O) groups excluding carboxylic acids is 1. The summed E-state index contributed by atoms with van der Waals surface area (Å²) in [6.45, 7) is 0.658. The third kappa shape index (κ3) is 2.68. The van der Waals surface area contributed by atoms with Gasteiger partial charge in [-0.15, -0.1) is 0 Å². The van der Waals surface area contributed by atoms with Crippen molar-refractivity contribution in [3.63, 3.8) is 0 Å². The maximum absolute atomic E-state index is 13.2. The number of hydrogen-bond acceptors (Lipinski definition) is 4. The van der Waals surface area contributed by atoms with Crippen molar-refractivity contribution in [2.75, 3.05) is 18.6 Å². The zero-order valence-electron chi connectivity index (χ0n) is 13.5. The number of hydrogen-bond donors (Lipinski definition) is 0. The zero-order chi connectivity index (χ0) is 16.5. The number of nitrogens with zero attached hydrogens (tertiary/aromatic N) is 1. The van der Waals surface area contributed by atoms with Crippen molar-refractivity contribution in [3.05, 3.63) is 42.5 Å². The summed E-state index contributed by atoms with van der Waals surface area (Å²) in [7, 11) is 1.64. The van der Waals surface area contributed by atoms with Crippen LogP contribution in [0.4, 0.5) is 11.4 Å². The maximum Gasteiger partial charge on any atom is 0.260 e. The second kappa shape index (κ2) is 6.49. The molecule has 5 heteroatoms. The van der Waals surface area contributed by atoms with Gasteiger partial charge in [-0.3, -0.25) is 9.69 Å². The standard InChI is InChI=1S/C19H19NO3S/c1-22-13-9-10-18-15(12-13)20(14-6-2-3-8-17(14)24-18)19(21)16-7-4-5-11-23-16/h2-3,6,8-10,12,16H,4-5,7,11H2,1H3. The van der Waals surface area contributed by atoms with Crippen LogP contribution in [0.5, 0.6) is 5.75 Å². The minimum Gasteiger partial charge on any atom is -0.497 e. The van der Waals surface area contributed by atoms with Gasteiger partial charge in [0.05, 0.1) is 18.5 Å². The number of carbonyl (C=O) groups is 1. The van der Waals surface area contributed by atoms with Crippen molar-refractivity contribution >= 4 is 29.0 Å². The van der Waals surface area contributed by atoms with Gasteiger partial charge in [0, 0.05) is 22.5 Å². The molecule has 4 rings (SSSR count). The highest BCUT2D eigenvalue weighted by Gasteiger charge is 2.34. The number of amides is 1. The topological polar surface area (TPSA) is 38.8 Å². The van der Waals surface area contributed by atoms with E-state index in [4.69, 9.17) is 9.47 Å². The summed E-state index contributed by atoms with van der Waals surface area (Å²) in [6, 6.07) is 13.9. The van der Waals surface area contributed by atoms with Crippen LogP contribution < -0.4 is 9.64 Å². The first-order valence-corrected chi connectivity index (χ1v) is 9.00. The lowest BCUT2D eigenvalue weighted by atomic mass is 10.1. The van der Waals surface area contributed by atoms with Gasteiger partial charge in [-0.05, 0) is 43.5 Å². The molecule has 0 aliphatic carbocycles. The van der Waals surface area contributed by atoms with Crippen LogP contribution in [0.15, 0.2) is 52.3 Å². The monoisotopic (exact) mass is 341 g/mol. The van der Waals surface area contributed by atoms with E-state index in [1.807, 2.05) is 36.4 Å². The second-order valence-corrected chi connectivity index (χ2v) is 7.02. The Hall–Kier alpha value is -1.98. The largest absolute Gasteiger partial charge is 0.497 e. The van der Waals surface area contributed by atoms with Crippen LogP contribution in [0.3, 0.4) is 0 Å². The van der Waals surface area contributed by atoms with Gasteiger partial charge >= 0.3 is 0 Å². The number of rotatable bonds is 2. The number of para-hydroxylation sites is 1. The summed E-state index contributed by atoms with van der Waals surface area (Å²) in [6.07, 6.45) is 2.48. The Kier molecular flexibility index (Phi) is 4.21. The lowest BCUT2D eigenvalue weighted by molar-refractivity contribution is -0.131. The van der Waals surface area contributed by atoms with Crippen LogP contribution in [0.2, 0.25) is 0 Å². The van der Waals surface area contributed by atoms with E-state index in [1.54, 1.807) is 23.8 Å². The Balaban J connectivity index is 1.80. The third-order valence-corrected chi connectivity index (χ3v) is 5.54.